The molecule has 3 N–H and O–H groups in total. The van der Waals surface area contributed by atoms with E-state index >= 15 is 0 Å². The van der Waals surface area contributed by atoms with Gasteiger partial charge >= 0.3 is 0 Å². The van der Waals surface area contributed by atoms with Gasteiger partial charge in [-0.3, -0.25) is 9.69 Å². The van der Waals surface area contributed by atoms with E-state index in [0.717, 1.165) is 30.8 Å². The second-order valence-electron chi connectivity index (χ2n) is 6.17. The van der Waals surface area contributed by atoms with E-state index in [9.17, 15) is 4.79 Å². The summed E-state index contributed by atoms with van der Waals surface area (Å²) >= 11 is 0. The molecule has 0 aromatic heterocycles. The highest BCUT2D eigenvalue weighted by molar-refractivity contribution is 5.81. The van der Waals surface area contributed by atoms with Crippen molar-refractivity contribution in [3.8, 4) is 5.75 Å². The summed E-state index contributed by atoms with van der Waals surface area (Å²) in [6.07, 6.45) is 0.893. The van der Waals surface area contributed by atoms with Gasteiger partial charge in [0.1, 0.15) is 5.75 Å². The quantitative estimate of drug-likeness (QED) is 0.689. The first kappa shape index (κ1) is 20.5. The van der Waals surface area contributed by atoms with Gasteiger partial charge in [0.25, 0.3) is 0 Å². The molecule has 0 aliphatic carbocycles. The van der Waals surface area contributed by atoms with Gasteiger partial charge in [-0.05, 0) is 36.7 Å². The molecule has 24 heavy (non-hydrogen) atoms. The summed E-state index contributed by atoms with van der Waals surface area (Å²) in [5.74, 6) is 0.922. The molecule has 3 atom stereocenters. The van der Waals surface area contributed by atoms with Crippen molar-refractivity contribution in [2.24, 2.45) is 11.7 Å². The van der Waals surface area contributed by atoms with Gasteiger partial charge in [0.2, 0.25) is 5.91 Å². The van der Waals surface area contributed by atoms with Crippen molar-refractivity contribution < 1.29 is 9.53 Å². The number of amides is 1. The number of ether oxygens (including phenoxy) is 1. The first-order valence-electron chi connectivity index (χ1n) is 8.89. The molecule has 0 heterocycles. The predicted octanol–water partition coefficient (Wildman–Crippen LogP) is 2.57. The molecule has 0 aliphatic heterocycles. The lowest BCUT2D eigenvalue weighted by Gasteiger charge is -2.31. The summed E-state index contributed by atoms with van der Waals surface area (Å²) in [5.41, 5.74) is 7.17. The molecule has 136 valence electrons. The standard InChI is InChI=1S/C19H33N3O2/c1-6-14(4)18(20)19(23)21-13-17(22(7-2)8-3)15-10-9-11-16(12-15)24-5/h9-12,14,17-18H,6-8,13,20H2,1-5H3,(H,21,23). The van der Waals surface area contributed by atoms with E-state index in [-0.39, 0.29) is 17.9 Å². The Hall–Kier alpha value is -1.59. The molecule has 0 radical (unpaired) electrons. The van der Waals surface area contributed by atoms with Crippen LogP contribution in [0.2, 0.25) is 0 Å². The zero-order valence-electron chi connectivity index (χ0n) is 15.7. The highest BCUT2D eigenvalue weighted by atomic mass is 16.5. The molecule has 1 rings (SSSR count). The van der Waals surface area contributed by atoms with Crippen molar-refractivity contribution in [2.45, 2.75) is 46.2 Å². The minimum absolute atomic E-state index is 0.0793. The molecule has 3 unspecified atom stereocenters. The van der Waals surface area contributed by atoms with Gasteiger partial charge in [0, 0.05) is 6.54 Å². The smallest absolute Gasteiger partial charge is 0.237 e. The third-order valence-electron chi connectivity index (χ3n) is 4.76. The Balaban J connectivity index is 2.89. The third-order valence-corrected chi connectivity index (χ3v) is 4.76. The van der Waals surface area contributed by atoms with Crippen molar-refractivity contribution in [3.63, 3.8) is 0 Å². The van der Waals surface area contributed by atoms with Crippen LogP contribution in [0.5, 0.6) is 5.75 Å². The van der Waals surface area contributed by atoms with Crippen LogP contribution in [0.4, 0.5) is 0 Å². The van der Waals surface area contributed by atoms with Gasteiger partial charge in [-0.1, -0.05) is 46.2 Å². The number of likely N-dealkylation sites (N-methyl/N-ethyl adjacent to an activating group) is 1. The molecule has 0 saturated heterocycles. The highest BCUT2D eigenvalue weighted by Gasteiger charge is 2.23. The number of nitrogens with zero attached hydrogens (tertiary/aromatic N) is 1. The second-order valence-corrected chi connectivity index (χ2v) is 6.17. The Kier molecular flexibility index (Phi) is 8.79. The maximum atomic E-state index is 12.3. The van der Waals surface area contributed by atoms with Gasteiger partial charge < -0.3 is 15.8 Å². The molecule has 0 fully saturated rings. The van der Waals surface area contributed by atoms with Crippen LogP contribution in [0.3, 0.4) is 0 Å². The third kappa shape index (κ3) is 5.49. The van der Waals surface area contributed by atoms with Gasteiger partial charge in [-0.25, -0.2) is 0 Å². The number of rotatable bonds is 10. The van der Waals surface area contributed by atoms with Crippen molar-refractivity contribution >= 4 is 5.91 Å². The Morgan fingerprint density at radius 3 is 2.50 bits per heavy atom. The van der Waals surface area contributed by atoms with Crippen LogP contribution in [0, 0.1) is 5.92 Å². The second kappa shape index (κ2) is 10.3. The van der Waals surface area contributed by atoms with Crippen LogP contribution in [0.15, 0.2) is 24.3 Å². The van der Waals surface area contributed by atoms with E-state index in [0.29, 0.717) is 6.54 Å². The molecule has 5 heteroatoms. The van der Waals surface area contributed by atoms with Crippen molar-refractivity contribution in [1.82, 2.24) is 10.2 Å². The molecule has 0 spiro atoms. The Morgan fingerprint density at radius 2 is 1.96 bits per heavy atom. The van der Waals surface area contributed by atoms with Crippen LogP contribution in [-0.2, 0) is 4.79 Å². The SMILES string of the molecule is CCC(C)C(N)C(=O)NCC(c1cccc(OC)c1)N(CC)CC. The topological polar surface area (TPSA) is 67.6 Å². The first-order chi connectivity index (χ1) is 11.5. The van der Waals surface area contributed by atoms with Gasteiger partial charge in [0.15, 0.2) is 0 Å². The average molecular weight is 335 g/mol. The normalized spacial score (nSPS) is 15.0. The minimum Gasteiger partial charge on any atom is -0.497 e. The lowest BCUT2D eigenvalue weighted by atomic mass is 9.99. The number of carbonyl (C=O) groups excluding carboxylic acids is 1. The number of benzene rings is 1. The van der Waals surface area contributed by atoms with E-state index in [4.69, 9.17) is 10.5 Å². The monoisotopic (exact) mass is 335 g/mol. The Morgan fingerprint density at radius 1 is 1.29 bits per heavy atom. The lowest BCUT2D eigenvalue weighted by Crippen LogP contribution is -2.47. The summed E-state index contributed by atoms with van der Waals surface area (Å²) < 4.78 is 5.34. The van der Waals surface area contributed by atoms with E-state index in [2.05, 4.69) is 30.1 Å². The molecule has 0 bridgehead atoms. The molecular formula is C19H33N3O2. The van der Waals surface area contributed by atoms with Crippen LogP contribution >= 0.6 is 0 Å². The van der Waals surface area contributed by atoms with E-state index < -0.39 is 6.04 Å². The van der Waals surface area contributed by atoms with Gasteiger partial charge in [0.05, 0.1) is 19.2 Å². The number of nitrogens with two attached hydrogens (primary N) is 1. The maximum absolute atomic E-state index is 12.3. The first-order valence-corrected chi connectivity index (χ1v) is 8.89. The summed E-state index contributed by atoms with van der Waals surface area (Å²) in [6, 6.07) is 7.66. The molecule has 0 saturated carbocycles. The van der Waals surface area contributed by atoms with E-state index in [1.54, 1.807) is 7.11 Å². The zero-order chi connectivity index (χ0) is 18.1. The number of nitrogens with one attached hydrogen (secondary N) is 1. The van der Waals surface area contributed by atoms with Crippen LogP contribution in [0.1, 0.15) is 45.7 Å². The van der Waals surface area contributed by atoms with E-state index in [1.807, 2.05) is 32.0 Å². The van der Waals surface area contributed by atoms with Gasteiger partial charge in [-0.15, -0.1) is 0 Å². The number of hydrogen-bond donors (Lipinski definition) is 2. The number of hydrogen-bond acceptors (Lipinski definition) is 4. The summed E-state index contributed by atoms with van der Waals surface area (Å²) in [6.45, 7) is 10.7. The molecule has 1 aromatic carbocycles. The van der Waals surface area contributed by atoms with Crippen molar-refractivity contribution in [1.29, 1.82) is 0 Å². The molecule has 1 amide bonds. The lowest BCUT2D eigenvalue weighted by molar-refractivity contribution is -0.123. The van der Waals surface area contributed by atoms with Crippen LogP contribution in [-0.4, -0.2) is 43.6 Å². The number of carbonyl (C=O) groups is 1. The van der Waals surface area contributed by atoms with Crippen LogP contribution < -0.4 is 15.8 Å². The Labute approximate surface area is 146 Å². The van der Waals surface area contributed by atoms with Crippen molar-refractivity contribution in [2.75, 3.05) is 26.7 Å². The van der Waals surface area contributed by atoms with E-state index in [1.165, 1.54) is 0 Å². The summed E-state index contributed by atoms with van der Waals surface area (Å²) in [4.78, 5) is 14.6. The summed E-state index contributed by atoms with van der Waals surface area (Å²) in [7, 11) is 1.67. The largest absolute Gasteiger partial charge is 0.497 e. The Bertz CT molecular complexity index is 503. The predicted molar refractivity (Wildman–Crippen MR) is 99.1 cm³/mol. The highest BCUT2D eigenvalue weighted by Crippen LogP contribution is 2.24. The molecular weight excluding hydrogens is 302 g/mol. The maximum Gasteiger partial charge on any atom is 0.237 e. The fourth-order valence-electron chi connectivity index (χ4n) is 2.80. The molecule has 1 aromatic rings. The average Bonchev–Trinajstić information content (AvgIpc) is 2.63. The fourth-order valence-corrected chi connectivity index (χ4v) is 2.80. The van der Waals surface area contributed by atoms with Crippen molar-refractivity contribution in [3.05, 3.63) is 29.8 Å². The molecule has 5 nitrogen and oxygen atoms in total. The van der Waals surface area contributed by atoms with Gasteiger partial charge in [-0.2, -0.15) is 0 Å². The fraction of sp³-hybridized carbons (Fsp3) is 0.632. The molecule has 0 aliphatic rings. The zero-order valence-corrected chi connectivity index (χ0v) is 15.7. The number of methoxy groups -OCH3 is 1. The van der Waals surface area contributed by atoms with Crippen LogP contribution in [0.25, 0.3) is 0 Å². The summed E-state index contributed by atoms with van der Waals surface area (Å²) in [5, 5.41) is 3.04. The minimum atomic E-state index is -0.460.